The standard InChI is InChI=1S/C26H24F2N6O/c1-32-13-20(23-24(29)30-14-31-25(23)32)19-6-5-18(11-22(19)28)34-9-8-33(26(34)35)12-17-10-16(15-2-3-15)4-7-21(17)27/h4-7,10-11,13-15H,2-3,8-9,12H2,1H3,(H2,29,30,31). The number of aromatic nitrogens is 3. The zero-order valence-electron chi connectivity index (χ0n) is 19.2. The summed E-state index contributed by atoms with van der Waals surface area (Å²) in [4.78, 5) is 24.5. The number of anilines is 2. The van der Waals surface area contributed by atoms with E-state index >= 15 is 4.39 Å². The van der Waals surface area contributed by atoms with Crippen LogP contribution in [0.5, 0.6) is 0 Å². The molecule has 2 fully saturated rings. The van der Waals surface area contributed by atoms with E-state index in [4.69, 9.17) is 5.73 Å². The average molecular weight is 475 g/mol. The van der Waals surface area contributed by atoms with Gasteiger partial charge < -0.3 is 15.2 Å². The molecule has 0 atom stereocenters. The molecule has 1 saturated carbocycles. The maximum Gasteiger partial charge on any atom is 0.324 e. The van der Waals surface area contributed by atoms with Crippen LogP contribution in [0, 0.1) is 11.6 Å². The minimum Gasteiger partial charge on any atom is -0.383 e. The smallest absolute Gasteiger partial charge is 0.324 e. The van der Waals surface area contributed by atoms with Gasteiger partial charge in [-0.2, -0.15) is 0 Å². The van der Waals surface area contributed by atoms with Gasteiger partial charge in [0.15, 0.2) is 0 Å². The van der Waals surface area contributed by atoms with Gasteiger partial charge in [0, 0.05) is 48.7 Å². The Morgan fingerprint density at radius 1 is 1.03 bits per heavy atom. The molecule has 0 unspecified atom stereocenters. The van der Waals surface area contributed by atoms with Crippen LogP contribution < -0.4 is 10.6 Å². The molecule has 2 N–H and O–H groups in total. The van der Waals surface area contributed by atoms with E-state index in [-0.39, 0.29) is 24.2 Å². The number of nitrogen functional groups attached to an aromatic ring is 1. The maximum atomic E-state index is 15.3. The molecule has 2 aromatic carbocycles. The van der Waals surface area contributed by atoms with Crippen LogP contribution in [0.2, 0.25) is 0 Å². The van der Waals surface area contributed by atoms with E-state index < -0.39 is 5.82 Å². The minimum absolute atomic E-state index is 0.192. The van der Waals surface area contributed by atoms with Crippen molar-refractivity contribution in [2.24, 2.45) is 7.05 Å². The van der Waals surface area contributed by atoms with Gasteiger partial charge in [-0.15, -0.1) is 0 Å². The average Bonchev–Trinajstić information content (AvgIpc) is 3.55. The number of nitrogens with two attached hydrogens (primary N) is 1. The summed E-state index contributed by atoms with van der Waals surface area (Å²) in [6.45, 7) is 1.03. The van der Waals surface area contributed by atoms with Crippen LogP contribution in [-0.2, 0) is 13.6 Å². The molecule has 9 heteroatoms. The van der Waals surface area contributed by atoms with Crippen molar-refractivity contribution in [3.05, 3.63) is 71.7 Å². The normalized spacial score (nSPS) is 16.0. The lowest BCUT2D eigenvalue weighted by Gasteiger charge is -2.20. The Kier molecular flexibility index (Phi) is 4.94. The quantitative estimate of drug-likeness (QED) is 0.450. The number of nitrogens with zero attached hydrogens (tertiary/aromatic N) is 5. The lowest BCUT2D eigenvalue weighted by atomic mass is 10.0. The number of urea groups is 1. The third-order valence-corrected chi connectivity index (χ3v) is 6.91. The highest BCUT2D eigenvalue weighted by molar-refractivity contribution is 6.01. The van der Waals surface area contributed by atoms with E-state index in [1.54, 1.807) is 27.8 Å². The molecule has 0 radical (unpaired) electrons. The number of hydrogen-bond acceptors (Lipinski definition) is 4. The van der Waals surface area contributed by atoms with E-state index in [0.29, 0.717) is 52.4 Å². The van der Waals surface area contributed by atoms with Crippen molar-refractivity contribution in [1.82, 2.24) is 19.4 Å². The molecule has 0 bridgehead atoms. The molecular weight excluding hydrogens is 450 g/mol. The van der Waals surface area contributed by atoms with Crippen LogP contribution in [0.4, 0.5) is 25.1 Å². The van der Waals surface area contributed by atoms with E-state index in [9.17, 15) is 9.18 Å². The van der Waals surface area contributed by atoms with E-state index in [1.807, 2.05) is 19.2 Å². The van der Waals surface area contributed by atoms with Crippen molar-refractivity contribution in [1.29, 1.82) is 0 Å². The first-order valence-electron chi connectivity index (χ1n) is 11.6. The molecule has 178 valence electrons. The van der Waals surface area contributed by atoms with Crippen LogP contribution in [0.1, 0.15) is 29.9 Å². The summed E-state index contributed by atoms with van der Waals surface area (Å²) in [5.41, 5.74) is 9.70. The molecule has 6 rings (SSSR count). The summed E-state index contributed by atoms with van der Waals surface area (Å²) in [5, 5.41) is 0.584. The largest absolute Gasteiger partial charge is 0.383 e. The number of carbonyl (C=O) groups is 1. The highest BCUT2D eigenvalue weighted by Crippen LogP contribution is 2.41. The Balaban J connectivity index is 1.26. The number of fused-ring (bicyclic) bond motifs is 1. The van der Waals surface area contributed by atoms with Crippen LogP contribution in [0.15, 0.2) is 48.9 Å². The first-order chi connectivity index (χ1) is 16.9. The summed E-state index contributed by atoms with van der Waals surface area (Å²) in [6, 6.07) is 9.62. The molecule has 3 heterocycles. The molecule has 2 aromatic heterocycles. The summed E-state index contributed by atoms with van der Waals surface area (Å²) in [6.07, 6.45) is 5.39. The summed E-state index contributed by atoms with van der Waals surface area (Å²) >= 11 is 0. The second-order valence-corrected chi connectivity index (χ2v) is 9.26. The number of aryl methyl sites for hydroxylation is 1. The monoisotopic (exact) mass is 474 g/mol. The van der Waals surface area contributed by atoms with Crippen molar-refractivity contribution in [2.75, 3.05) is 23.7 Å². The van der Waals surface area contributed by atoms with Crippen molar-refractivity contribution in [3.63, 3.8) is 0 Å². The first kappa shape index (κ1) is 21.5. The molecule has 1 saturated heterocycles. The zero-order valence-corrected chi connectivity index (χ0v) is 19.2. The first-order valence-corrected chi connectivity index (χ1v) is 11.6. The Labute approximate surface area is 200 Å². The minimum atomic E-state index is -0.479. The summed E-state index contributed by atoms with van der Waals surface area (Å²) < 4.78 is 31.5. The highest BCUT2D eigenvalue weighted by atomic mass is 19.1. The number of halogens is 2. The van der Waals surface area contributed by atoms with Gasteiger partial charge in [-0.3, -0.25) is 4.90 Å². The van der Waals surface area contributed by atoms with E-state index in [0.717, 1.165) is 18.4 Å². The van der Waals surface area contributed by atoms with Crippen molar-refractivity contribution < 1.29 is 13.6 Å². The fourth-order valence-electron chi connectivity index (χ4n) is 4.89. The Hall–Kier alpha value is -4.01. The molecule has 1 aliphatic carbocycles. The summed E-state index contributed by atoms with van der Waals surface area (Å²) in [7, 11) is 1.81. The molecule has 0 spiro atoms. The third-order valence-electron chi connectivity index (χ3n) is 6.91. The Bertz CT molecular complexity index is 1480. The van der Waals surface area contributed by atoms with Crippen LogP contribution in [0.3, 0.4) is 0 Å². The molecular formula is C26H24F2N6O. The van der Waals surface area contributed by atoms with Crippen molar-refractivity contribution in [2.45, 2.75) is 25.3 Å². The fourth-order valence-corrected chi connectivity index (χ4v) is 4.89. The van der Waals surface area contributed by atoms with Gasteiger partial charge in [0.1, 0.15) is 29.4 Å². The Morgan fingerprint density at radius 3 is 2.63 bits per heavy atom. The third kappa shape index (κ3) is 3.67. The second kappa shape index (κ2) is 8.04. The number of rotatable bonds is 5. The number of benzene rings is 2. The van der Waals surface area contributed by atoms with Gasteiger partial charge in [0.05, 0.1) is 11.9 Å². The predicted molar refractivity (Wildman–Crippen MR) is 130 cm³/mol. The molecule has 1 aliphatic heterocycles. The van der Waals surface area contributed by atoms with Gasteiger partial charge in [-0.05, 0) is 48.6 Å². The predicted octanol–water partition coefficient (Wildman–Crippen LogP) is 4.82. The number of amides is 2. The molecule has 4 aromatic rings. The van der Waals surface area contributed by atoms with E-state index in [1.165, 1.54) is 23.4 Å². The van der Waals surface area contributed by atoms with Gasteiger partial charge in [-0.25, -0.2) is 23.5 Å². The fraction of sp³-hybridized carbons (Fsp3) is 0.269. The van der Waals surface area contributed by atoms with Gasteiger partial charge >= 0.3 is 6.03 Å². The van der Waals surface area contributed by atoms with Crippen LogP contribution >= 0.6 is 0 Å². The highest BCUT2D eigenvalue weighted by Gasteiger charge is 2.31. The van der Waals surface area contributed by atoms with Crippen molar-refractivity contribution in [3.8, 4) is 11.1 Å². The zero-order chi connectivity index (χ0) is 24.3. The number of carbonyl (C=O) groups excluding carboxylic acids is 1. The molecule has 2 amide bonds. The summed E-state index contributed by atoms with van der Waals surface area (Å²) in [5.74, 6) is -0.00948. The molecule has 2 aliphatic rings. The van der Waals surface area contributed by atoms with Crippen LogP contribution in [0.25, 0.3) is 22.2 Å². The Morgan fingerprint density at radius 2 is 1.86 bits per heavy atom. The number of hydrogen-bond donors (Lipinski definition) is 1. The van der Waals surface area contributed by atoms with Gasteiger partial charge in [0.2, 0.25) is 0 Å². The van der Waals surface area contributed by atoms with E-state index in [2.05, 4.69) is 9.97 Å². The lowest BCUT2D eigenvalue weighted by molar-refractivity contribution is 0.218. The topological polar surface area (TPSA) is 80.3 Å². The maximum absolute atomic E-state index is 15.3. The SMILES string of the molecule is Cn1cc(-c2ccc(N3CCN(Cc4cc(C5CC5)ccc4F)C3=O)cc2F)c2c(N)ncnc21. The second-order valence-electron chi connectivity index (χ2n) is 9.26. The molecule has 35 heavy (non-hydrogen) atoms. The van der Waals surface area contributed by atoms with Gasteiger partial charge in [-0.1, -0.05) is 12.1 Å². The molecule has 7 nitrogen and oxygen atoms in total. The van der Waals surface area contributed by atoms with Crippen LogP contribution in [-0.4, -0.2) is 38.6 Å². The van der Waals surface area contributed by atoms with Crippen molar-refractivity contribution >= 4 is 28.6 Å². The lowest BCUT2D eigenvalue weighted by Crippen LogP contribution is -2.31. The van der Waals surface area contributed by atoms with Gasteiger partial charge in [0.25, 0.3) is 0 Å².